The normalized spacial score (nSPS) is 12.0. The molecule has 0 heterocycles. The number of rotatable bonds is 6. The van der Waals surface area contributed by atoms with Crippen molar-refractivity contribution < 1.29 is 14.6 Å². The van der Waals surface area contributed by atoms with Gasteiger partial charge in [0.15, 0.2) is 0 Å². The molecule has 0 radical (unpaired) electrons. The summed E-state index contributed by atoms with van der Waals surface area (Å²) in [5.41, 5.74) is 0.726. The van der Waals surface area contributed by atoms with Crippen LogP contribution in [0.5, 0.6) is 11.5 Å². The monoisotopic (exact) mass is 285 g/mol. The molecule has 2 aromatic carbocycles. The van der Waals surface area contributed by atoms with Gasteiger partial charge in [0.1, 0.15) is 17.5 Å². The van der Waals surface area contributed by atoms with E-state index >= 15 is 0 Å². The van der Waals surface area contributed by atoms with Crippen LogP contribution in [0.3, 0.4) is 0 Å². The molecule has 0 spiro atoms. The Balaban J connectivity index is 2.12. The largest absolute Gasteiger partial charge is 0.480 e. The first kappa shape index (κ1) is 14.9. The second kappa shape index (κ2) is 6.79. The first-order chi connectivity index (χ1) is 10.1. The van der Waals surface area contributed by atoms with Crippen molar-refractivity contribution in [3.05, 3.63) is 54.6 Å². The Labute approximate surface area is 124 Å². The van der Waals surface area contributed by atoms with Crippen LogP contribution in [0.15, 0.2) is 54.6 Å². The second-order valence-electron chi connectivity index (χ2n) is 5.15. The standard InChI is InChI=1S/C17H19NO3/c1-12(2)16(17(19)20)18-13-7-6-10-15(11-13)21-14-8-4-3-5-9-14/h3-12,16,18H,1-2H3,(H,19,20). The average molecular weight is 285 g/mol. The van der Waals surface area contributed by atoms with Crippen LogP contribution in [0, 0.1) is 5.92 Å². The second-order valence-corrected chi connectivity index (χ2v) is 5.15. The van der Waals surface area contributed by atoms with E-state index in [1.807, 2.05) is 62.4 Å². The third-order valence-electron chi connectivity index (χ3n) is 3.07. The molecule has 0 saturated heterocycles. The Kier molecular flexibility index (Phi) is 4.82. The van der Waals surface area contributed by atoms with Crippen molar-refractivity contribution in [2.24, 2.45) is 5.92 Å². The van der Waals surface area contributed by atoms with E-state index in [9.17, 15) is 9.90 Å². The Hall–Kier alpha value is -2.49. The molecule has 0 bridgehead atoms. The van der Waals surface area contributed by atoms with Gasteiger partial charge in [-0.1, -0.05) is 38.1 Å². The van der Waals surface area contributed by atoms with Gasteiger partial charge < -0.3 is 15.2 Å². The first-order valence-corrected chi connectivity index (χ1v) is 6.88. The summed E-state index contributed by atoms with van der Waals surface area (Å²) < 4.78 is 5.73. The van der Waals surface area contributed by atoms with Crippen LogP contribution in [0.1, 0.15) is 13.8 Å². The fraction of sp³-hybridized carbons (Fsp3) is 0.235. The average Bonchev–Trinajstić information content (AvgIpc) is 2.45. The molecule has 110 valence electrons. The summed E-state index contributed by atoms with van der Waals surface area (Å²) in [6, 6.07) is 16.1. The van der Waals surface area contributed by atoms with Crippen molar-refractivity contribution in [2.75, 3.05) is 5.32 Å². The lowest BCUT2D eigenvalue weighted by Gasteiger charge is -2.19. The lowest BCUT2D eigenvalue weighted by atomic mass is 10.0. The van der Waals surface area contributed by atoms with Crippen LogP contribution in [0.4, 0.5) is 5.69 Å². The molecule has 2 N–H and O–H groups in total. The highest BCUT2D eigenvalue weighted by Gasteiger charge is 2.21. The molecule has 0 fully saturated rings. The summed E-state index contributed by atoms with van der Waals surface area (Å²) in [6.07, 6.45) is 0. The highest BCUT2D eigenvalue weighted by atomic mass is 16.5. The third-order valence-corrected chi connectivity index (χ3v) is 3.07. The van der Waals surface area contributed by atoms with E-state index in [-0.39, 0.29) is 5.92 Å². The fourth-order valence-corrected chi connectivity index (χ4v) is 1.97. The number of carbonyl (C=O) groups is 1. The van der Waals surface area contributed by atoms with Crippen LogP contribution in [-0.4, -0.2) is 17.1 Å². The van der Waals surface area contributed by atoms with Crippen molar-refractivity contribution in [2.45, 2.75) is 19.9 Å². The molecule has 0 aliphatic rings. The molecule has 2 rings (SSSR count). The molecule has 1 atom stereocenters. The van der Waals surface area contributed by atoms with Gasteiger partial charge in [-0.25, -0.2) is 4.79 Å². The predicted molar refractivity (Wildman–Crippen MR) is 82.8 cm³/mol. The van der Waals surface area contributed by atoms with E-state index in [0.717, 1.165) is 11.4 Å². The third kappa shape index (κ3) is 4.24. The molecule has 4 heteroatoms. The molecule has 0 aromatic heterocycles. The summed E-state index contributed by atoms with van der Waals surface area (Å²) in [6.45, 7) is 3.74. The number of nitrogens with one attached hydrogen (secondary N) is 1. The van der Waals surface area contributed by atoms with Gasteiger partial charge in [-0.05, 0) is 30.2 Å². The maximum atomic E-state index is 11.2. The summed E-state index contributed by atoms with van der Waals surface area (Å²) in [5, 5.41) is 12.2. The molecule has 4 nitrogen and oxygen atoms in total. The Morgan fingerprint density at radius 1 is 1.05 bits per heavy atom. The van der Waals surface area contributed by atoms with E-state index in [4.69, 9.17) is 4.74 Å². The molecular formula is C17H19NO3. The van der Waals surface area contributed by atoms with Crippen LogP contribution < -0.4 is 10.1 Å². The molecule has 0 saturated carbocycles. The Morgan fingerprint density at radius 3 is 2.33 bits per heavy atom. The number of carboxylic acid groups (broad SMARTS) is 1. The molecule has 21 heavy (non-hydrogen) atoms. The van der Waals surface area contributed by atoms with Crippen molar-refractivity contribution in [1.82, 2.24) is 0 Å². The van der Waals surface area contributed by atoms with Gasteiger partial charge in [-0.15, -0.1) is 0 Å². The lowest BCUT2D eigenvalue weighted by Crippen LogP contribution is -2.34. The SMILES string of the molecule is CC(C)C(Nc1cccc(Oc2ccccc2)c1)C(=O)O. The fourth-order valence-electron chi connectivity index (χ4n) is 1.97. The van der Waals surface area contributed by atoms with E-state index in [2.05, 4.69) is 5.32 Å². The predicted octanol–water partition coefficient (Wildman–Crippen LogP) is 4.00. The zero-order valence-electron chi connectivity index (χ0n) is 12.1. The van der Waals surface area contributed by atoms with Gasteiger partial charge in [0.25, 0.3) is 0 Å². The summed E-state index contributed by atoms with van der Waals surface area (Å²) in [5.74, 6) is 0.535. The van der Waals surface area contributed by atoms with E-state index < -0.39 is 12.0 Å². The maximum Gasteiger partial charge on any atom is 0.326 e. The van der Waals surface area contributed by atoms with E-state index in [1.54, 1.807) is 6.07 Å². The van der Waals surface area contributed by atoms with Crippen molar-refractivity contribution in [1.29, 1.82) is 0 Å². The smallest absolute Gasteiger partial charge is 0.326 e. The number of anilines is 1. The quantitative estimate of drug-likeness (QED) is 0.842. The van der Waals surface area contributed by atoms with Crippen molar-refractivity contribution >= 4 is 11.7 Å². The number of hydrogen-bond donors (Lipinski definition) is 2. The Morgan fingerprint density at radius 2 is 1.71 bits per heavy atom. The molecule has 1 unspecified atom stereocenters. The number of benzene rings is 2. The van der Waals surface area contributed by atoms with E-state index in [0.29, 0.717) is 5.75 Å². The van der Waals surface area contributed by atoms with Gasteiger partial charge in [0.2, 0.25) is 0 Å². The topological polar surface area (TPSA) is 58.6 Å². The van der Waals surface area contributed by atoms with Crippen molar-refractivity contribution in [3.8, 4) is 11.5 Å². The maximum absolute atomic E-state index is 11.2. The van der Waals surface area contributed by atoms with Gasteiger partial charge in [-0.2, -0.15) is 0 Å². The molecule has 0 amide bonds. The summed E-state index contributed by atoms with van der Waals surface area (Å²) >= 11 is 0. The molecule has 0 aliphatic carbocycles. The van der Waals surface area contributed by atoms with Gasteiger partial charge in [-0.3, -0.25) is 0 Å². The van der Waals surface area contributed by atoms with E-state index in [1.165, 1.54) is 0 Å². The van der Waals surface area contributed by atoms with Crippen LogP contribution >= 0.6 is 0 Å². The Bertz CT molecular complexity index is 596. The number of carboxylic acids is 1. The van der Waals surface area contributed by atoms with Gasteiger partial charge in [0, 0.05) is 11.8 Å². The van der Waals surface area contributed by atoms with Crippen LogP contribution in [-0.2, 0) is 4.79 Å². The minimum atomic E-state index is -0.862. The highest BCUT2D eigenvalue weighted by molar-refractivity contribution is 5.77. The molecular weight excluding hydrogens is 266 g/mol. The van der Waals surface area contributed by atoms with Gasteiger partial charge in [0.05, 0.1) is 0 Å². The minimum Gasteiger partial charge on any atom is -0.480 e. The molecule has 2 aromatic rings. The molecule has 0 aliphatic heterocycles. The van der Waals surface area contributed by atoms with Gasteiger partial charge >= 0.3 is 5.97 Å². The van der Waals surface area contributed by atoms with Crippen LogP contribution in [0.2, 0.25) is 0 Å². The summed E-state index contributed by atoms with van der Waals surface area (Å²) in [4.78, 5) is 11.2. The van der Waals surface area contributed by atoms with Crippen LogP contribution in [0.25, 0.3) is 0 Å². The minimum absolute atomic E-state index is 0.0128. The number of para-hydroxylation sites is 1. The highest BCUT2D eigenvalue weighted by Crippen LogP contribution is 2.24. The number of ether oxygens (including phenoxy) is 1. The number of hydrogen-bond acceptors (Lipinski definition) is 3. The lowest BCUT2D eigenvalue weighted by molar-refractivity contribution is -0.138. The number of aliphatic carboxylic acids is 1. The first-order valence-electron chi connectivity index (χ1n) is 6.88. The zero-order chi connectivity index (χ0) is 15.2. The van der Waals surface area contributed by atoms with Crippen molar-refractivity contribution in [3.63, 3.8) is 0 Å². The summed E-state index contributed by atoms with van der Waals surface area (Å²) in [7, 11) is 0. The zero-order valence-corrected chi connectivity index (χ0v) is 12.1.